The van der Waals surface area contributed by atoms with E-state index in [0.717, 1.165) is 23.3 Å². The molecule has 1 fully saturated rings. The molecule has 0 spiro atoms. The van der Waals surface area contributed by atoms with Crippen LogP contribution in [-0.2, 0) is 20.3 Å². The van der Waals surface area contributed by atoms with E-state index < -0.39 is 16.4 Å². The Bertz CT molecular complexity index is 693. The predicted octanol–water partition coefficient (Wildman–Crippen LogP) is 4.42. The van der Waals surface area contributed by atoms with E-state index in [4.69, 9.17) is 9.47 Å². The van der Waals surface area contributed by atoms with Crippen molar-refractivity contribution in [2.75, 3.05) is 13.7 Å². The van der Waals surface area contributed by atoms with Crippen molar-refractivity contribution in [2.45, 2.75) is 69.6 Å². The highest BCUT2D eigenvalue weighted by atomic mass is 32.2. The van der Waals surface area contributed by atoms with E-state index in [9.17, 15) is 9.00 Å². The largest absolute Gasteiger partial charge is 0.444 e. The molecule has 5 nitrogen and oxygen atoms in total. The van der Waals surface area contributed by atoms with Crippen LogP contribution < -0.4 is 0 Å². The summed E-state index contributed by atoms with van der Waals surface area (Å²) in [6, 6.07) is 7.50. The highest BCUT2D eigenvalue weighted by Gasteiger charge is 2.37. The monoisotopic (exact) mass is 393 g/mol. The van der Waals surface area contributed by atoms with Gasteiger partial charge in [-0.3, -0.25) is 0 Å². The summed E-state index contributed by atoms with van der Waals surface area (Å²) in [4.78, 5) is 15.6. The molecule has 1 heterocycles. The normalized spacial score (nSPS) is 19.6. The summed E-state index contributed by atoms with van der Waals surface area (Å²) in [6.45, 7) is 12.2. The van der Waals surface area contributed by atoms with Gasteiger partial charge in [0.1, 0.15) is 5.60 Å². The van der Waals surface area contributed by atoms with E-state index in [1.807, 2.05) is 52.0 Å². The molecular formula is C21H31NO4S. The minimum Gasteiger partial charge on any atom is -0.444 e. The molecule has 0 radical (unpaired) electrons. The zero-order chi connectivity index (χ0) is 20.2. The van der Waals surface area contributed by atoms with Crippen LogP contribution >= 0.6 is 0 Å². The van der Waals surface area contributed by atoms with E-state index in [-0.39, 0.29) is 18.2 Å². The Morgan fingerprint density at radius 1 is 1.33 bits per heavy atom. The van der Waals surface area contributed by atoms with Gasteiger partial charge in [0.25, 0.3) is 0 Å². The second-order valence-electron chi connectivity index (χ2n) is 7.98. The van der Waals surface area contributed by atoms with E-state index in [2.05, 4.69) is 6.58 Å². The molecular weight excluding hydrogens is 362 g/mol. The Morgan fingerprint density at radius 2 is 1.96 bits per heavy atom. The summed E-state index contributed by atoms with van der Waals surface area (Å²) in [5.41, 5.74) is 0.582. The number of ether oxygens (including phenoxy) is 2. The second kappa shape index (κ2) is 9.02. The number of likely N-dealkylation sites (tertiary alicyclic amines) is 1. The molecule has 3 atom stereocenters. The van der Waals surface area contributed by atoms with Crippen molar-refractivity contribution in [2.24, 2.45) is 0 Å². The van der Waals surface area contributed by atoms with Crippen LogP contribution in [0.25, 0.3) is 0 Å². The standard InChI is InChI=1S/C21H31NO4S/c1-15-9-11-17(12-10-15)27(24)16(2)14-19(25-6)18-8-7-13-22(18)20(23)26-21(3,4)5/h9-12,18-19H,2,7-8,13-14H2,1,3-6H3/t18-,19+,27+/m0/s1. The number of amides is 1. The number of hydrogen-bond donors (Lipinski definition) is 0. The van der Waals surface area contributed by atoms with E-state index >= 15 is 0 Å². The summed E-state index contributed by atoms with van der Waals surface area (Å²) < 4.78 is 24.0. The maximum Gasteiger partial charge on any atom is 0.410 e. The molecule has 0 N–H and O–H groups in total. The molecule has 1 aliphatic rings. The first-order chi connectivity index (χ1) is 12.6. The first kappa shape index (κ1) is 21.6. The van der Waals surface area contributed by atoms with Crippen LogP contribution in [0.1, 0.15) is 45.6 Å². The van der Waals surface area contributed by atoms with Crippen LogP contribution in [0.2, 0.25) is 0 Å². The van der Waals surface area contributed by atoms with Crippen molar-refractivity contribution >= 4 is 16.9 Å². The van der Waals surface area contributed by atoms with Gasteiger partial charge in [-0.15, -0.1) is 0 Å². The lowest BCUT2D eigenvalue weighted by Crippen LogP contribution is -2.45. The Morgan fingerprint density at radius 3 is 2.52 bits per heavy atom. The summed E-state index contributed by atoms with van der Waals surface area (Å²) in [6.07, 6.45) is 1.58. The van der Waals surface area contributed by atoms with Crippen LogP contribution in [0, 0.1) is 6.92 Å². The van der Waals surface area contributed by atoms with Gasteiger partial charge in [0.05, 0.1) is 22.9 Å². The topological polar surface area (TPSA) is 55.8 Å². The first-order valence-electron chi connectivity index (χ1n) is 9.31. The Kier molecular flexibility index (Phi) is 7.23. The molecule has 1 aromatic rings. The third kappa shape index (κ3) is 5.91. The van der Waals surface area contributed by atoms with Crippen molar-refractivity contribution < 1.29 is 18.5 Å². The van der Waals surface area contributed by atoms with Crippen molar-refractivity contribution in [3.63, 3.8) is 0 Å². The lowest BCUT2D eigenvalue weighted by Gasteiger charge is -2.32. The quantitative estimate of drug-likeness (QED) is 0.718. The summed E-state index contributed by atoms with van der Waals surface area (Å²) in [5.74, 6) is 0. The molecule has 0 aliphatic carbocycles. The van der Waals surface area contributed by atoms with Crippen LogP contribution in [0.5, 0.6) is 0 Å². The van der Waals surface area contributed by atoms with Gasteiger partial charge in [-0.1, -0.05) is 24.3 Å². The van der Waals surface area contributed by atoms with Gasteiger partial charge < -0.3 is 14.4 Å². The van der Waals surface area contributed by atoms with Crippen molar-refractivity contribution in [1.82, 2.24) is 4.90 Å². The lowest BCUT2D eigenvalue weighted by atomic mass is 10.1. The lowest BCUT2D eigenvalue weighted by molar-refractivity contribution is -0.00455. The van der Waals surface area contributed by atoms with Gasteiger partial charge in [-0.2, -0.15) is 0 Å². The molecule has 1 saturated heterocycles. The smallest absolute Gasteiger partial charge is 0.410 e. The van der Waals surface area contributed by atoms with E-state index in [1.54, 1.807) is 12.0 Å². The highest BCUT2D eigenvalue weighted by molar-refractivity contribution is 7.89. The van der Waals surface area contributed by atoms with Crippen LogP contribution in [0.3, 0.4) is 0 Å². The molecule has 0 aromatic heterocycles. The second-order valence-corrected chi connectivity index (χ2v) is 9.57. The average molecular weight is 394 g/mol. The molecule has 150 valence electrons. The van der Waals surface area contributed by atoms with Gasteiger partial charge in [-0.25, -0.2) is 9.00 Å². The number of rotatable bonds is 6. The predicted molar refractivity (Wildman–Crippen MR) is 108 cm³/mol. The maximum atomic E-state index is 12.8. The number of benzene rings is 1. The SMILES string of the molecule is C=C(C[C@@H](OC)[C@@H]1CCCN1C(=O)OC(C)(C)C)[S@@](=O)c1ccc(C)cc1. The number of methoxy groups -OCH3 is 1. The fourth-order valence-corrected chi connectivity index (χ4v) is 4.26. The number of hydrogen-bond acceptors (Lipinski definition) is 4. The van der Waals surface area contributed by atoms with Gasteiger partial charge in [0.15, 0.2) is 0 Å². The van der Waals surface area contributed by atoms with Gasteiger partial charge >= 0.3 is 6.09 Å². The molecule has 1 amide bonds. The third-order valence-electron chi connectivity index (χ3n) is 4.59. The van der Waals surface area contributed by atoms with Gasteiger partial charge in [0, 0.05) is 29.9 Å². The molecule has 27 heavy (non-hydrogen) atoms. The molecule has 0 bridgehead atoms. The summed E-state index contributed by atoms with van der Waals surface area (Å²) in [5, 5.41) is 0. The fourth-order valence-electron chi connectivity index (χ4n) is 3.23. The zero-order valence-electron chi connectivity index (χ0n) is 17.0. The highest BCUT2D eigenvalue weighted by Crippen LogP contribution is 2.28. The number of nitrogens with zero attached hydrogens (tertiary/aromatic N) is 1. The van der Waals surface area contributed by atoms with Crippen LogP contribution in [-0.4, -0.2) is 46.6 Å². The van der Waals surface area contributed by atoms with Crippen LogP contribution in [0.15, 0.2) is 40.6 Å². The van der Waals surface area contributed by atoms with Gasteiger partial charge in [0.2, 0.25) is 0 Å². The van der Waals surface area contributed by atoms with Crippen molar-refractivity contribution in [3.05, 3.63) is 41.3 Å². The number of aryl methyl sites for hydroxylation is 1. The zero-order valence-corrected chi connectivity index (χ0v) is 17.8. The number of carbonyl (C=O) groups excluding carboxylic acids is 1. The average Bonchev–Trinajstić information content (AvgIpc) is 3.07. The summed E-state index contributed by atoms with van der Waals surface area (Å²) in [7, 11) is 0.318. The number of carbonyl (C=O) groups is 1. The molecule has 0 saturated carbocycles. The van der Waals surface area contributed by atoms with Crippen LogP contribution in [0.4, 0.5) is 4.79 Å². The minimum absolute atomic E-state index is 0.100. The van der Waals surface area contributed by atoms with Crippen molar-refractivity contribution in [1.29, 1.82) is 0 Å². The minimum atomic E-state index is -1.31. The third-order valence-corrected chi connectivity index (χ3v) is 5.98. The van der Waals surface area contributed by atoms with E-state index in [0.29, 0.717) is 17.9 Å². The molecule has 6 heteroatoms. The maximum absolute atomic E-state index is 12.8. The van der Waals surface area contributed by atoms with E-state index in [1.165, 1.54) is 0 Å². The summed E-state index contributed by atoms with van der Waals surface area (Å²) >= 11 is 0. The molecule has 1 aromatic carbocycles. The fraction of sp³-hybridized carbons (Fsp3) is 0.571. The van der Waals surface area contributed by atoms with Gasteiger partial charge in [-0.05, 0) is 52.7 Å². The molecule has 0 unspecified atom stereocenters. The Balaban J connectivity index is 2.06. The Hall–Kier alpha value is -1.66. The van der Waals surface area contributed by atoms with Crippen molar-refractivity contribution in [3.8, 4) is 0 Å². The first-order valence-corrected chi connectivity index (χ1v) is 10.5. The molecule has 1 aliphatic heterocycles. The molecule has 2 rings (SSSR count). The Labute approximate surface area is 165 Å².